The molecule has 1 heterocycles. The molecule has 0 spiro atoms. The van der Waals surface area contributed by atoms with Crippen molar-refractivity contribution in [3.05, 3.63) is 29.6 Å². The molecule has 0 aliphatic carbocycles. The Morgan fingerprint density at radius 1 is 1.60 bits per heavy atom. The van der Waals surface area contributed by atoms with E-state index < -0.39 is 18.0 Å². The number of alkyl carbamates (subject to hydrolysis) is 1. The van der Waals surface area contributed by atoms with E-state index in [4.69, 9.17) is 9.47 Å². The number of ether oxygens (including phenoxy) is 2. The fourth-order valence-corrected chi connectivity index (χ4v) is 1.84. The molecule has 1 atom stereocenters. The Bertz CT molecular complexity index is 521. The minimum Gasteiger partial charge on any atom is -0.494 e. The fraction of sp³-hybridized carbons (Fsp3) is 0.385. The Labute approximate surface area is 115 Å². The summed E-state index contributed by atoms with van der Waals surface area (Å²) in [4.78, 5) is 22.4. The highest BCUT2D eigenvalue weighted by atomic mass is 19.1. The van der Waals surface area contributed by atoms with E-state index in [2.05, 4.69) is 10.6 Å². The predicted molar refractivity (Wildman–Crippen MR) is 67.9 cm³/mol. The van der Waals surface area contributed by atoms with Gasteiger partial charge in [-0.25, -0.2) is 9.18 Å². The Morgan fingerprint density at radius 2 is 2.40 bits per heavy atom. The van der Waals surface area contributed by atoms with Gasteiger partial charge in [0.05, 0.1) is 13.7 Å². The first-order chi connectivity index (χ1) is 9.60. The van der Waals surface area contributed by atoms with Crippen LogP contribution in [0.2, 0.25) is 0 Å². The predicted octanol–water partition coefficient (Wildman–Crippen LogP) is 0.601. The molecule has 1 saturated heterocycles. The van der Waals surface area contributed by atoms with Gasteiger partial charge in [0, 0.05) is 6.54 Å². The zero-order valence-electron chi connectivity index (χ0n) is 10.9. The van der Waals surface area contributed by atoms with Crippen LogP contribution in [0.3, 0.4) is 0 Å². The molecule has 2 N–H and O–H groups in total. The van der Waals surface area contributed by atoms with Crippen LogP contribution in [-0.2, 0) is 16.0 Å². The van der Waals surface area contributed by atoms with Gasteiger partial charge in [-0.05, 0) is 24.1 Å². The quantitative estimate of drug-likeness (QED) is 0.829. The van der Waals surface area contributed by atoms with Crippen LogP contribution >= 0.6 is 0 Å². The highest BCUT2D eigenvalue weighted by Gasteiger charge is 2.28. The number of benzene rings is 1. The van der Waals surface area contributed by atoms with Gasteiger partial charge in [-0.15, -0.1) is 0 Å². The van der Waals surface area contributed by atoms with E-state index in [-0.39, 0.29) is 18.2 Å². The van der Waals surface area contributed by atoms with E-state index >= 15 is 0 Å². The first kappa shape index (κ1) is 14.1. The summed E-state index contributed by atoms with van der Waals surface area (Å²) in [6.07, 6.45) is -0.918. The second-order valence-electron chi connectivity index (χ2n) is 4.28. The van der Waals surface area contributed by atoms with Crippen molar-refractivity contribution >= 4 is 12.0 Å². The molecule has 0 saturated carbocycles. The zero-order chi connectivity index (χ0) is 14.5. The maximum Gasteiger partial charge on any atom is 0.408 e. The summed E-state index contributed by atoms with van der Waals surface area (Å²) < 4.78 is 23.0. The fourth-order valence-electron chi connectivity index (χ4n) is 1.84. The van der Waals surface area contributed by atoms with Gasteiger partial charge < -0.3 is 20.1 Å². The van der Waals surface area contributed by atoms with Crippen molar-refractivity contribution in [2.45, 2.75) is 12.5 Å². The van der Waals surface area contributed by atoms with Crippen molar-refractivity contribution in [2.24, 2.45) is 0 Å². The number of carbonyl (C=O) groups excluding carboxylic acids is 2. The van der Waals surface area contributed by atoms with E-state index in [9.17, 15) is 14.0 Å². The number of hydrogen-bond acceptors (Lipinski definition) is 4. The summed E-state index contributed by atoms with van der Waals surface area (Å²) >= 11 is 0. The second kappa shape index (κ2) is 6.23. The molecule has 108 valence electrons. The van der Waals surface area contributed by atoms with Gasteiger partial charge in [-0.1, -0.05) is 6.07 Å². The minimum atomic E-state index is -0.796. The first-order valence-electron chi connectivity index (χ1n) is 6.15. The van der Waals surface area contributed by atoms with Gasteiger partial charge in [-0.2, -0.15) is 0 Å². The molecule has 1 aliphatic rings. The highest BCUT2D eigenvalue weighted by molar-refractivity contribution is 5.86. The summed E-state index contributed by atoms with van der Waals surface area (Å²) in [5, 5.41) is 5.03. The molecule has 6 nitrogen and oxygen atoms in total. The van der Waals surface area contributed by atoms with Crippen LogP contribution in [0.15, 0.2) is 18.2 Å². The molecule has 1 aromatic carbocycles. The monoisotopic (exact) mass is 282 g/mol. The number of methoxy groups -OCH3 is 1. The maximum absolute atomic E-state index is 13.4. The van der Waals surface area contributed by atoms with E-state index in [0.717, 1.165) is 5.56 Å². The van der Waals surface area contributed by atoms with Crippen molar-refractivity contribution < 1.29 is 23.5 Å². The molecule has 7 heteroatoms. The van der Waals surface area contributed by atoms with Gasteiger partial charge >= 0.3 is 6.09 Å². The van der Waals surface area contributed by atoms with Crippen molar-refractivity contribution in [3.8, 4) is 5.75 Å². The summed E-state index contributed by atoms with van der Waals surface area (Å²) in [6, 6.07) is 4.63. The van der Waals surface area contributed by atoms with Gasteiger partial charge in [0.25, 0.3) is 5.91 Å². The van der Waals surface area contributed by atoms with Gasteiger partial charge in [0.15, 0.2) is 17.7 Å². The summed E-state index contributed by atoms with van der Waals surface area (Å²) in [6.45, 7) is 0.500. The van der Waals surface area contributed by atoms with E-state index in [1.807, 2.05) is 0 Å². The summed E-state index contributed by atoms with van der Waals surface area (Å²) in [5.41, 5.74) is 0.741. The molecule has 0 aromatic heterocycles. The Kier molecular flexibility index (Phi) is 4.39. The van der Waals surface area contributed by atoms with Gasteiger partial charge in [0.2, 0.25) is 0 Å². The SMILES string of the molecule is COc1ccc(CCNC(=O)[C@@H]2CNC(=O)O2)cc1F. The average Bonchev–Trinajstić information content (AvgIpc) is 2.85. The Hall–Kier alpha value is -2.31. The summed E-state index contributed by atoms with van der Waals surface area (Å²) in [5.74, 6) is -0.621. The van der Waals surface area contributed by atoms with Crippen LogP contribution in [0.5, 0.6) is 5.75 Å². The number of cyclic esters (lactones) is 1. The largest absolute Gasteiger partial charge is 0.494 e. The first-order valence-corrected chi connectivity index (χ1v) is 6.15. The molecule has 2 amide bonds. The lowest BCUT2D eigenvalue weighted by molar-refractivity contribution is -0.127. The second-order valence-corrected chi connectivity index (χ2v) is 4.28. The van der Waals surface area contributed by atoms with Crippen LogP contribution in [0.1, 0.15) is 5.56 Å². The average molecular weight is 282 g/mol. The molecule has 1 fully saturated rings. The number of hydrogen-bond donors (Lipinski definition) is 2. The molecular weight excluding hydrogens is 267 g/mol. The normalized spacial score (nSPS) is 17.3. The van der Waals surface area contributed by atoms with Crippen molar-refractivity contribution in [2.75, 3.05) is 20.2 Å². The molecule has 0 bridgehead atoms. The van der Waals surface area contributed by atoms with Crippen molar-refractivity contribution in [1.29, 1.82) is 0 Å². The van der Waals surface area contributed by atoms with Crippen molar-refractivity contribution in [3.63, 3.8) is 0 Å². The lowest BCUT2D eigenvalue weighted by Crippen LogP contribution is -2.37. The Balaban J connectivity index is 1.79. The van der Waals surface area contributed by atoms with E-state index in [1.54, 1.807) is 6.07 Å². The van der Waals surface area contributed by atoms with E-state index in [1.165, 1.54) is 19.2 Å². The van der Waals surface area contributed by atoms with Crippen LogP contribution < -0.4 is 15.4 Å². The van der Waals surface area contributed by atoms with Crippen LogP contribution in [0.25, 0.3) is 0 Å². The topological polar surface area (TPSA) is 76.7 Å². The van der Waals surface area contributed by atoms with Crippen LogP contribution in [0, 0.1) is 5.82 Å². The molecular formula is C13H15FN2O4. The van der Waals surface area contributed by atoms with Crippen molar-refractivity contribution in [1.82, 2.24) is 10.6 Å². The number of nitrogens with one attached hydrogen (secondary N) is 2. The van der Waals surface area contributed by atoms with Gasteiger partial charge in [0.1, 0.15) is 0 Å². The number of amides is 2. The minimum absolute atomic E-state index is 0.168. The van der Waals surface area contributed by atoms with E-state index in [0.29, 0.717) is 13.0 Å². The number of rotatable bonds is 5. The molecule has 0 radical (unpaired) electrons. The number of halogens is 1. The standard InChI is InChI=1S/C13H15FN2O4/c1-19-10-3-2-8(6-9(10)14)4-5-15-12(17)11-7-16-13(18)20-11/h2-3,6,11H,4-5,7H2,1H3,(H,15,17)(H,16,18)/t11-/m0/s1. The highest BCUT2D eigenvalue weighted by Crippen LogP contribution is 2.17. The van der Waals surface area contributed by atoms with Crippen LogP contribution in [0.4, 0.5) is 9.18 Å². The van der Waals surface area contributed by atoms with Crippen LogP contribution in [-0.4, -0.2) is 38.3 Å². The molecule has 1 aliphatic heterocycles. The molecule has 0 unspecified atom stereocenters. The lowest BCUT2D eigenvalue weighted by atomic mass is 10.1. The van der Waals surface area contributed by atoms with Gasteiger partial charge in [-0.3, -0.25) is 4.79 Å². The third-order valence-corrected chi connectivity index (χ3v) is 2.90. The third kappa shape index (κ3) is 3.37. The Morgan fingerprint density at radius 3 is 3.00 bits per heavy atom. The number of carbonyl (C=O) groups is 2. The molecule has 20 heavy (non-hydrogen) atoms. The molecule has 2 rings (SSSR count). The molecule has 1 aromatic rings. The lowest BCUT2D eigenvalue weighted by Gasteiger charge is -2.09. The smallest absolute Gasteiger partial charge is 0.408 e. The third-order valence-electron chi connectivity index (χ3n) is 2.90. The maximum atomic E-state index is 13.4. The zero-order valence-corrected chi connectivity index (χ0v) is 10.9. The summed E-state index contributed by atoms with van der Waals surface area (Å²) in [7, 11) is 1.40.